The third-order valence-corrected chi connectivity index (χ3v) is 6.12. The first-order valence-electron chi connectivity index (χ1n) is 10.7. The van der Waals surface area contributed by atoms with Crippen molar-refractivity contribution in [3.63, 3.8) is 0 Å². The fourth-order valence-corrected chi connectivity index (χ4v) is 4.19. The summed E-state index contributed by atoms with van der Waals surface area (Å²) in [7, 11) is 3.24. The maximum Gasteiger partial charge on any atom is 0.194 e. The second-order valence-corrected chi connectivity index (χ2v) is 8.36. The molecule has 0 bridgehead atoms. The number of rotatable bonds is 5. The number of thiocarbonyl (C=S) groups is 1. The summed E-state index contributed by atoms with van der Waals surface area (Å²) in [5.74, 6) is 1.59. The summed E-state index contributed by atoms with van der Waals surface area (Å²) >= 11 is 5.80. The molecule has 1 heterocycles. The molecule has 0 aliphatic carbocycles. The highest BCUT2D eigenvalue weighted by Crippen LogP contribution is 2.38. The quantitative estimate of drug-likeness (QED) is 0.484. The van der Waals surface area contributed by atoms with E-state index in [4.69, 9.17) is 26.8 Å². The predicted octanol–water partition coefficient (Wildman–Crippen LogP) is 5.57. The lowest BCUT2D eigenvalue weighted by Crippen LogP contribution is -2.31. The molecule has 0 fully saturated rings. The number of aryl methyl sites for hydroxylation is 2. The molecule has 3 aromatic carbocycles. The van der Waals surface area contributed by atoms with Crippen LogP contribution < -0.4 is 14.8 Å². The molecule has 6 nitrogen and oxygen atoms in total. The van der Waals surface area contributed by atoms with Crippen LogP contribution in [0.4, 0.5) is 5.69 Å². The molecule has 4 rings (SSSR count). The van der Waals surface area contributed by atoms with Gasteiger partial charge in [0.25, 0.3) is 0 Å². The molecular weight excluding hydrogens is 434 g/mol. The topological polar surface area (TPSA) is 66.3 Å². The van der Waals surface area contributed by atoms with Crippen LogP contribution in [0.3, 0.4) is 0 Å². The highest BCUT2D eigenvalue weighted by Gasteiger charge is 2.32. The molecule has 1 unspecified atom stereocenters. The first kappa shape index (κ1) is 22.6. The number of nitrogens with zero attached hydrogens (tertiary/aromatic N) is 2. The number of methoxy groups -OCH3 is 2. The van der Waals surface area contributed by atoms with Crippen LogP contribution in [0.15, 0.2) is 65.8 Å². The van der Waals surface area contributed by atoms with Gasteiger partial charge in [-0.25, -0.2) is 5.01 Å². The molecule has 2 N–H and O–H groups in total. The van der Waals surface area contributed by atoms with E-state index >= 15 is 0 Å². The van der Waals surface area contributed by atoms with Gasteiger partial charge in [-0.1, -0.05) is 24.3 Å². The number of anilines is 1. The summed E-state index contributed by atoms with van der Waals surface area (Å²) in [6.07, 6.45) is 0.648. The Bertz CT molecular complexity index is 1230. The monoisotopic (exact) mass is 461 g/mol. The molecule has 0 saturated carbocycles. The van der Waals surface area contributed by atoms with Crippen LogP contribution in [0.25, 0.3) is 0 Å². The lowest BCUT2D eigenvalue weighted by atomic mass is 9.97. The van der Waals surface area contributed by atoms with Gasteiger partial charge in [-0.2, -0.15) is 5.10 Å². The van der Waals surface area contributed by atoms with Crippen LogP contribution in [-0.4, -0.2) is 35.2 Å². The lowest BCUT2D eigenvalue weighted by molar-refractivity contribution is 0.348. The summed E-state index contributed by atoms with van der Waals surface area (Å²) in [5.41, 5.74) is 5.70. The lowest BCUT2D eigenvalue weighted by Gasteiger charge is -2.26. The molecule has 1 aliphatic heterocycles. The number of hydrogen-bond acceptors (Lipinski definition) is 5. The Morgan fingerprint density at radius 2 is 1.76 bits per heavy atom. The van der Waals surface area contributed by atoms with Crippen molar-refractivity contribution >= 4 is 28.7 Å². The van der Waals surface area contributed by atoms with Gasteiger partial charge < -0.3 is 19.9 Å². The minimum Gasteiger partial charge on any atom is -0.508 e. The maximum atomic E-state index is 9.95. The number of aromatic hydroxyl groups is 1. The summed E-state index contributed by atoms with van der Waals surface area (Å²) in [4.78, 5) is 0. The van der Waals surface area contributed by atoms with Gasteiger partial charge in [-0.15, -0.1) is 0 Å². The summed E-state index contributed by atoms with van der Waals surface area (Å²) in [6, 6.07) is 19.3. The van der Waals surface area contributed by atoms with E-state index in [0.29, 0.717) is 23.0 Å². The van der Waals surface area contributed by atoms with E-state index in [0.717, 1.165) is 33.7 Å². The fraction of sp³-hybridized carbons (Fsp3) is 0.231. The van der Waals surface area contributed by atoms with E-state index in [1.807, 2.05) is 73.5 Å². The Kier molecular flexibility index (Phi) is 6.51. The number of ether oxygens (including phenoxy) is 2. The van der Waals surface area contributed by atoms with Gasteiger partial charge in [0.2, 0.25) is 0 Å². The largest absolute Gasteiger partial charge is 0.508 e. The van der Waals surface area contributed by atoms with Crippen LogP contribution in [0.5, 0.6) is 17.2 Å². The van der Waals surface area contributed by atoms with Gasteiger partial charge in [0.15, 0.2) is 16.6 Å². The highest BCUT2D eigenvalue weighted by atomic mass is 32.1. The van der Waals surface area contributed by atoms with Gasteiger partial charge in [0.1, 0.15) is 5.75 Å². The second kappa shape index (κ2) is 9.50. The van der Waals surface area contributed by atoms with Gasteiger partial charge in [-0.3, -0.25) is 0 Å². The van der Waals surface area contributed by atoms with Gasteiger partial charge in [-0.05, 0) is 84.7 Å². The van der Waals surface area contributed by atoms with E-state index in [1.165, 1.54) is 0 Å². The van der Waals surface area contributed by atoms with Crippen LogP contribution >= 0.6 is 12.2 Å². The SMILES string of the molecule is COc1ccc(C2CC(c3ccc(O)c(C)c3)=NN2C(=S)Nc2ccccc2C)cc1OC. The van der Waals surface area contributed by atoms with E-state index in [-0.39, 0.29) is 11.8 Å². The Balaban J connectivity index is 1.72. The van der Waals surface area contributed by atoms with Crippen molar-refractivity contribution in [1.29, 1.82) is 0 Å². The van der Waals surface area contributed by atoms with Crippen molar-refractivity contribution in [2.24, 2.45) is 5.10 Å². The zero-order chi connectivity index (χ0) is 23.5. The number of phenolic OH excluding ortho intramolecular Hbond substituents is 1. The van der Waals surface area contributed by atoms with Crippen molar-refractivity contribution < 1.29 is 14.6 Å². The molecule has 0 aromatic heterocycles. The van der Waals surface area contributed by atoms with Crippen molar-refractivity contribution in [2.75, 3.05) is 19.5 Å². The second-order valence-electron chi connectivity index (χ2n) is 7.97. The smallest absolute Gasteiger partial charge is 0.194 e. The van der Waals surface area contributed by atoms with Crippen molar-refractivity contribution in [3.8, 4) is 17.2 Å². The zero-order valence-corrected chi connectivity index (χ0v) is 19.9. The fourth-order valence-electron chi connectivity index (χ4n) is 3.91. The average Bonchev–Trinajstić information content (AvgIpc) is 3.27. The average molecular weight is 462 g/mol. The number of nitrogens with one attached hydrogen (secondary N) is 1. The standard InChI is InChI=1S/C26H27N3O3S/c1-16-7-5-6-8-20(16)27-26(33)29-22(19-10-12-24(31-3)25(14-19)32-4)15-21(28-29)18-9-11-23(30)17(2)13-18/h5-14,22,30H,15H2,1-4H3,(H,27,33). The zero-order valence-electron chi connectivity index (χ0n) is 19.1. The summed E-state index contributed by atoms with van der Waals surface area (Å²) in [5, 5.41) is 20.6. The van der Waals surface area contributed by atoms with E-state index < -0.39 is 0 Å². The number of para-hydroxylation sites is 1. The number of benzene rings is 3. The maximum absolute atomic E-state index is 9.95. The van der Waals surface area contributed by atoms with Crippen LogP contribution in [-0.2, 0) is 0 Å². The Morgan fingerprint density at radius 3 is 2.45 bits per heavy atom. The molecule has 3 aromatic rings. The van der Waals surface area contributed by atoms with Gasteiger partial charge in [0.05, 0.1) is 26.0 Å². The molecule has 0 spiro atoms. The van der Waals surface area contributed by atoms with Crippen molar-refractivity contribution in [3.05, 3.63) is 82.9 Å². The van der Waals surface area contributed by atoms with Gasteiger partial charge >= 0.3 is 0 Å². The van der Waals surface area contributed by atoms with Crippen LogP contribution in [0.2, 0.25) is 0 Å². The minimum atomic E-state index is -0.127. The van der Waals surface area contributed by atoms with E-state index in [9.17, 15) is 5.11 Å². The molecule has 1 atom stereocenters. The van der Waals surface area contributed by atoms with Crippen LogP contribution in [0, 0.1) is 13.8 Å². The minimum absolute atomic E-state index is 0.127. The molecule has 0 amide bonds. The highest BCUT2D eigenvalue weighted by molar-refractivity contribution is 7.80. The predicted molar refractivity (Wildman–Crippen MR) is 136 cm³/mol. The third kappa shape index (κ3) is 4.64. The Morgan fingerprint density at radius 1 is 1.00 bits per heavy atom. The molecule has 0 saturated heterocycles. The molecular formula is C26H27N3O3S. The molecule has 170 valence electrons. The number of phenols is 1. The van der Waals surface area contributed by atoms with Crippen molar-refractivity contribution in [2.45, 2.75) is 26.3 Å². The Labute approximate surface area is 199 Å². The third-order valence-electron chi connectivity index (χ3n) is 5.83. The molecule has 33 heavy (non-hydrogen) atoms. The van der Waals surface area contributed by atoms with Crippen molar-refractivity contribution in [1.82, 2.24) is 5.01 Å². The van der Waals surface area contributed by atoms with Crippen LogP contribution in [0.1, 0.15) is 34.7 Å². The molecule has 7 heteroatoms. The number of hydrazone groups is 1. The molecule has 1 aliphatic rings. The normalized spacial score (nSPS) is 15.2. The first-order valence-corrected chi connectivity index (χ1v) is 11.1. The Hall–Kier alpha value is -3.58. The summed E-state index contributed by atoms with van der Waals surface area (Å²) in [6.45, 7) is 3.91. The molecule has 0 radical (unpaired) electrons. The van der Waals surface area contributed by atoms with E-state index in [1.54, 1.807) is 20.3 Å². The van der Waals surface area contributed by atoms with Gasteiger partial charge in [0, 0.05) is 12.1 Å². The van der Waals surface area contributed by atoms with E-state index in [2.05, 4.69) is 5.32 Å². The summed E-state index contributed by atoms with van der Waals surface area (Å²) < 4.78 is 10.9. The first-order chi connectivity index (χ1) is 15.9. The number of hydrogen-bond donors (Lipinski definition) is 2.